The van der Waals surface area contributed by atoms with E-state index in [2.05, 4.69) is 30.3 Å². The van der Waals surface area contributed by atoms with Gasteiger partial charge in [0.25, 0.3) is 0 Å². The third-order valence-corrected chi connectivity index (χ3v) is 5.03. The molecule has 0 atom stereocenters. The van der Waals surface area contributed by atoms with Crippen molar-refractivity contribution < 1.29 is 39.9 Å². The second-order valence-corrected chi connectivity index (χ2v) is 8.08. The third kappa shape index (κ3) is 7.99. The highest BCUT2D eigenvalue weighted by molar-refractivity contribution is 5.64. The minimum Gasteiger partial charge on any atom is -0.454 e. The van der Waals surface area contributed by atoms with Gasteiger partial charge in [-0.25, -0.2) is 8.78 Å². The maximum Gasteiger partial charge on any atom is 0.422 e. The Morgan fingerprint density at radius 2 is 1.38 bits per heavy atom. The van der Waals surface area contributed by atoms with E-state index >= 15 is 0 Å². The van der Waals surface area contributed by atoms with E-state index in [9.17, 15) is 35.1 Å². The van der Waals surface area contributed by atoms with Crippen molar-refractivity contribution >= 4 is 17.6 Å². The molecule has 0 radical (unpaired) electrons. The lowest BCUT2D eigenvalue weighted by atomic mass is 10.0. The van der Waals surface area contributed by atoms with Crippen molar-refractivity contribution in [3.05, 3.63) is 89.5 Å². The zero-order chi connectivity index (χ0) is 28.2. The number of alkyl halides is 6. The smallest absolute Gasteiger partial charge is 0.422 e. The first-order valence-electron chi connectivity index (χ1n) is 11.0. The largest absolute Gasteiger partial charge is 0.454 e. The van der Waals surface area contributed by atoms with Crippen LogP contribution in [0.2, 0.25) is 0 Å². The number of nitrogens with one attached hydrogen (secondary N) is 2. The van der Waals surface area contributed by atoms with Gasteiger partial charge in [-0.1, -0.05) is 30.3 Å². The van der Waals surface area contributed by atoms with E-state index in [0.717, 1.165) is 24.3 Å². The molecule has 0 saturated heterocycles. The molecule has 204 valence electrons. The molecule has 0 amide bonds. The predicted octanol–water partition coefficient (Wildman–Crippen LogP) is 7.13. The predicted molar refractivity (Wildman–Crippen MR) is 125 cm³/mol. The number of hydrogen-bond acceptors (Lipinski definition) is 6. The highest BCUT2D eigenvalue weighted by Crippen LogP contribution is 2.31. The highest BCUT2D eigenvalue weighted by atomic mass is 19.4. The number of hydrogen-bond donors (Lipinski definition) is 2. The number of nitrogens with zero attached hydrogens (tertiary/aromatic N) is 3. The maximum absolute atomic E-state index is 13.5. The summed E-state index contributed by atoms with van der Waals surface area (Å²) < 4.78 is 109. The molecular formula is C25H17F8N5O. The van der Waals surface area contributed by atoms with Gasteiger partial charge < -0.3 is 15.4 Å². The van der Waals surface area contributed by atoms with Crippen molar-refractivity contribution in [2.75, 3.05) is 17.2 Å². The monoisotopic (exact) mass is 555 g/mol. The van der Waals surface area contributed by atoms with E-state index in [1.165, 1.54) is 18.2 Å². The van der Waals surface area contributed by atoms with Crippen LogP contribution in [0.1, 0.15) is 11.1 Å². The standard InChI is InChI=1S/C25H17F8N5O/c26-18-8-16(9-19(27)11-18)15-6-4-14(5-7-15)12-34-21-36-22(38-23(37-21)39-13-24(28,29)30)35-20-3-1-2-17(10-20)25(31,32)33/h1-11H,12-13H2,(H2,34,35,36,37,38). The van der Waals surface area contributed by atoms with Crippen molar-refractivity contribution in [2.45, 2.75) is 18.9 Å². The van der Waals surface area contributed by atoms with Crippen molar-refractivity contribution in [3.8, 4) is 17.1 Å². The van der Waals surface area contributed by atoms with Gasteiger partial charge in [0.1, 0.15) is 11.6 Å². The van der Waals surface area contributed by atoms with Gasteiger partial charge in [-0.2, -0.15) is 41.3 Å². The van der Waals surface area contributed by atoms with Crippen molar-refractivity contribution in [3.63, 3.8) is 0 Å². The molecule has 39 heavy (non-hydrogen) atoms. The van der Waals surface area contributed by atoms with E-state index in [0.29, 0.717) is 16.7 Å². The SMILES string of the molecule is Fc1cc(F)cc(-c2ccc(CNc3nc(Nc4cccc(C(F)(F)F)c4)nc(OCC(F)(F)F)n3)cc2)c1. The van der Waals surface area contributed by atoms with Gasteiger partial charge >= 0.3 is 18.4 Å². The van der Waals surface area contributed by atoms with Crippen molar-refractivity contribution in [1.29, 1.82) is 0 Å². The van der Waals surface area contributed by atoms with E-state index in [1.807, 2.05) is 0 Å². The molecule has 0 saturated carbocycles. The quantitative estimate of drug-likeness (QED) is 0.226. The minimum atomic E-state index is -4.69. The summed E-state index contributed by atoms with van der Waals surface area (Å²) in [7, 11) is 0. The van der Waals surface area contributed by atoms with Gasteiger partial charge in [0.15, 0.2) is 6.61 Å². The molecule has 1 heterocycles. The fourth-order valence-corrected chi connectivity index (χ4v) is 3.32. The van der Waals surface area contributed by atoms with E-state index in [4.69, 9.17) is 0 Å². The second-order valence-electron chi connectivity index (χ2n) is 8.08. The van der Waals surface area contributed by atoms with Crippen LogP contribution in [0, 0.1) is 11.6 Å². The Kier molecular flexibility index (Phi) is 7.83. The number of ether oxygens (including phenoxy) is 1. The molecule has 0 bridgehead atoms. The molecule has 3 aromatic carbocycles. The number of rotatable bonds is 8. The molecule has 0 aliphatic carbocycles. The summed E-state index contributed by atoms with van der Waals surface area (Å²) in [6, 6.07) is 12.9. The summed E-state index contributed by atoms with van der Waals surface area (Å²) in [6.45, 7) is -1.65. The lowest BCUT2D eigenvalue weighted by Crippen LogP contribution is -2.21. The maximum atomic E-state index is 13.5. The van der Waals surface area contributed by atoms with Crippen LogP contribution < -0.4 is 15.4 Å². The molecular weight excluding hydrogens is 538 g/mol. The molecule has 2 N–H and O–H groups in total. The second kappa shape index (κ2) is 11.1. The van der Waals surface area contributed by atoms with Gasteiger partial charge in [-0.3, -0.25) is 0 Å². The van der Waals surface area contributed by atoms with Crippen LogP contribution in [-0.2, 0) is 12.7 Å². The summed E-state index contributed by atoms with van der Waals surface area (Å²) in [5, 5.41) is 5.28. The Hall–Kier alpha value is -4.49. The Labute approximate surface area is 215 Å². The fourth-order valence-electron chi connectivity index (χ4n) is 3.32. The van der Waals surface area contributed by atoms with Crippen LogP contribution in [0.4, 0.5) is 52.7 Å². The normalized spacial score (nSPS) is 11.8. The van der Waals surface area contributed by atoms with Crippen LogP contribution in [0.25, 0.3) is 11.1 Å². The molecule has 0 aliphatic rings. The molecule has 1 aromatic heterocycles. The van der Waals surface area contributed by atoms with Crippen molar-refractivity contribution in [1.82, 2.24) is 15.0 Å². The first-order chi connectivity index (χ1) is 18.3. The van der Waals surface area contributed by atoms with Crippen LogP contribution in [0.3, 0.4) is 0 Å². The summed E-state index contributed by atoms with van der Waals surface area (Å²) in [6.07, 6.45) is -9.32. The average molecular weight is 555 g/mol. The first kappa shape index (κ1) is 27.5. The molecule has 6 nitrogen and oxygen atoms in total. The Balaban J connectivity index is 1.53. The van der Waals surface area contributed by atoms with Crippen LogP contribution in [-0.4, -0.2) is 27.7 Å². The molecule has 0 unspecified atom stereocenters. The van der Waals surface area contributed by atoms with Gasteiger partial charge in [0, 0.05) is 18.3 Å². The number of anilines is 3. The fraction of sp³-hybridized carbons (Fsp3) is 0.160. The molecule has 0 spiro atoms. The summed E-state index contributed by atoms with van der Waals surface area (Å²) in [5.41, 5.74) is 0.459. The summed E-state index contributed by atoms with van der Waals surface area (Å²) >= 11 is 0. The Morgan fingerprint density at radius 1 is 0.718 bits per heavy atom. The number of benzene rings is 3. The Bertz CT molecular complexity index is 1420. The Morgan fingerprint density at radius 3 is 2.03 bits per heavy atom. The minimum absolute atomic E-state index is 0.0590. The van der Waals surface area contributed by atoms with E-state index in [-0.39, 0.29) is 24.1 Å². The number of aromatic nitrogens is 3. The zero-order valence-electron chi connectivity index (χ0n) is 19.5. The van der Waals surface area contributed by atoms with Gasteiger partial charge in [0.2, 0.25) is 11.9 Å². The van der Waals surface area contributed by atoms with E-state index < -0.39 is 42.2 Å². The van der Waals surface area contributed by atoms with Gasteiger partial charge in [-0.05, 0) is 47.0 Å². The molecule has 14 heteroatoms. The van der Waals surface area contributed by atoms with Crippen LogP contribution in [0.15, 0.2) is 66.7 Å². The first-order valence-corrected chi connectivity index (χ1v) is 11.0. The summed E-state index contributed by atoms with van der Waals surface area (Å²) in [4.78, 5) is 11.5. The highest BCUT2D eigenvalue weighted by Gasteiger charge is 2.31. The third-order valence-electron chi connectivity index (χ3n) is 5.03. The lowest BCUT2D eigenvalue weighted by Gasteiger charge is -2.13. The van der Waals surface area contributed by atoms with Crippen LogP contribution >= 0.6 is 0 Å². The molecule has 4 rings (SSSR count). The lowest BCUT2D eigenvalue weighted by molar-refractivity contribution is -0.154. The van der Waals surface area contributed by atoms with Gasteiger partial charge in [0.05, 0.1) is 5.56 Å². The molecule has 0 aliphatic heterocycles. The van der Waals surface area contributed by atoms with Gasteiger partial charge in [-0.15, -0.1) is 0 Å². The molecule has 0 fully saturated rings. The topological polar surface area (TPSA) is 72.0 Å². The van der Waals surface area contributed by atoms with E-state index in [1.54, 1.807) is 24.3 Å². The van der Waals surface area contributed by atoms with Crippen LogP contribution in [0.5, 0.6) is 6.01 Å². The zero-order valence-corrected chi connectivity index (χ0v) is 19.5. The summed E-state index contributed by atoms with van der Waals surface area (Å²) in [5.74, 6) is -2.06. The number of halogens is 8. The molecule has 4 aromatic rings. The van der Waals surface area contributed by atoms with Crippen molar-refractivity contribution in [2.24, 2.45) is 0 Å². The average Bonchev–Trinajstić information content (AvgIpc) is 2.85.